The lowest BCUT2D eigenvalue weighted by molar-refractivity contribution is 0.505. The Morgan fingerprint density at radius 1 is 1.00 bits per heavy atom. The molecule has 0 aromatic rings. The molecular weight excluding hydrogens is 112 g/mol. The fourth-order valence-electron chi connectivity index (χ4n) is 0. The Balaban J connectivity index is -0.0000000646. The predicted molar refractivity (Wildman–Crippen MR) is 45.7 cm³/mol. The fourth-order valence-corrected chi connectivity index (χ4v) is 0. The van der Waals surface area contributed by atoms with E-state index in [9.17, 15) is 0 Å². The third kappa shape index (κ3) is 43400. The van der Waals surface area contributed by atoms with Crippen LogP contribution in [0.25, 0.3) is 0 Å². The van der Waals surface area contributed by atoms with Crippen molar-refractivity contribution < 1.29 is 0 Å². The Morgan fingerprint density at radius 3 is 1.00 bits per heavy atom. The van der Waals surface area contributed by atoms with Crippen molar-refractivity contribution in [1.82, 2.24) is 4.90 Å². The van der Waals surface area contributed by atoms with E-state index in [1.54, 1.807) is 0 Å². The van der Waals surface area contributed by atoms with Crippen LogP contribution in [0, 0.1) is 0 Å². The minimum Gasteiger partial charge on any atom is -0.333 e. The van der Waals surface area contributed by atoms with Gasteiger partial charge in [-0.3, -0.25) is 0 Å². The van der Waals surface area contributed by atoms with Gasteiger partial charge in [0.05, 0.1) is 0 Å². The normalized spacial score (nSPS) is 6.67. The van der Waals surface area contributed by atoms with Crippen LogP contribution in [0.4, 0.5) is 0 Å². The average Bonchev–Trinajstić information content (AvgIpc) is 1.71. The lowest BCUT2D eigenvalue weighted by Crippen LogP contribution is -1.99. The molecule has 0 spiro atoms. The molecule has 0 aliphatic carbocycles. The van der Waals surface area contributed by atoms with E-state index in [-0.39, 0.29) is 0 Å². The molecule has 0 unspecified atom stereocenters. The maximum Gasteiger partial charge on any atom is -0.0140 e. The van der Waals surface area contributed by atoms with Gasteiger partial charge in [0.15, 0.2) is 0 Å². The van der Waals surface area contributed by atoms with E-state index in [4.69, 9.17) is 0 Å². The highest BCUT2D eigenvalue weighted by Gasteiger charge is 1.58. The summed E-state index contributed by atoms with van der Waals surface area (Å²) < 4.78 is 0. The molecule has 0 heterocycles. The average molecular weight is 134 g/mol. The molecule has 0 fully saturated rings. The number of hydrogen-bond donors (Lipinski definition) is 1. The molecule has 9 heavy (non-hydrogen) atoms. The molecule has 2 nitrogen and oxygen atoms in total. The van der Waals surface area contributed by atoms with Crippen LogP contribution in [0.5, 0.6) is 0 Å². The lowest BCUT2D eigenvalue weighted by Gasteiger charge is -1.90. The molecule has 0 aromatic heterocycles. The van der Waals surface area contributed by atoms with Gasteiger partial charge in [-0.25, -0.2) is 0 Å². The third-order valence-corrected chi connectivity index (χ3v) is 0. The van der Waals surface area contributed by atoms with Crippen molar-refractivity contribution >= 4 is 0 Å². The first kappa shape index (κ1) is 16.0. The predicted octanol–water partition coefficient (Wildman–Crippen LogP) is 1.17. The highest BCUT2D eigenvalue weighted by Crippen LogP contribution is 1.56. The highest BCUT2D eigenvalue weighted by molar-refractivity contribution is 4.09. The second-order valence-electron chi connectivity index (χ2n) is 2.05. The minimum atomic E-state index is 1.25. The zero-order chi connectivity index (χ0) is 8.28. The molecular formula is C7H22N2. The molecule has 0 saturated heterocycles. The fraction of sp³-hybridized carbons (Fsp3) is 1.00. The quantitative estimate of drug-likeness (QED) is 0.539. The summed E-state index contributed by atoms with van der Waals surface area (Å²) in [7, 11) is 7.50. The lowest BCUT2D eigenvalue weighted by atomic mass is 10.6. The molecule has 0 rings (SSSR count). The van der Waals surface area contributed by atoms with E-state index >= 15 is 0 Å². The molecule has 0 atom stereocenters. The van der Waals surface area contributed by atoms with E-state index in [1.165, 1.54) is 13.5 Å². The monoisotopic (exact) mass is 134 g/mol. The van der Waals surface area contributed by atoms with Crippen LogP contribution in [-0.2, 0) is 0 Å². The molecule has 0 amide bonds. The van der Waals surface area contributed by atoms with Gasteiger partial charge >= 0.3 is 0 Å². The van der Waals surface area contributed by atoms with Crippen LogP contribution >= 0.6 is 0 Å². The second kappa shape index (κ2) is 24.7. The van der Waals surface area contributed by atoms with E-state index in [0.29, 0.717) is 0 Å². The SMILES string of the molecule is CCC.CN.CN(C)C. The number of nitrogens with zero attached hydrogens (tertiary/aromatic N) is 1. The van der Waals surface area contributed by atoms with Gasteiger partial charge in [0.1, 0.15) is 0 Å². The summed E-state index contributed by atoms with van der Waals surface area (Å²) >= 11 is 0. The Labute approximate surface area is 60.0 Å². The molecule has 2 N–H and O–H groups in total. The molecule has 0 radical (unpaired) electrons. The maximum absolute atomic E-state index is 4.50. The Morgan fingerprint density at radius 2 is 1.00 bits per heavy atom. The van der Waals surface area contributed by atoms with E-state index < -0.39 is 0 Å². The molecule has 0 bridgehead atoms. The van der Waals surface area contributed by atoms with Crippen molar-refractivity contribution in [2.24, 2.45) is 5.73 Å². The van der Waals surface area contributed by atoms with Gasteiger partial charge in [-0.2, -0.15) is 0 Å². The molecule has 0 aromatic carbocycles. The van der Waals surface area contributed by atoms with Crippen LogP contribution in [0.2, 0.25) is 0 Å². The third-order valence-electron chi connectivity index (χ3n) is 0. The van der Waals surface area contributed by atoms with E-state index in [2.05, 4.69) is 19.6 Å². The molecule has 0 aliphatic rings. The minimum absolute atomic E-state index is 1.25. The molecule has 2 heteroatoms. The Hall–Kier alpha value is -0.0800. The van der Waals surface area contributed by atoms with Crippen molar-refractivity contribution in [3.05, 3.63) is 0 Å². The van der Waals surface area contributed by atoms with E-state index in [1.807, 2.05) is 26.0 Å². The topological polar surface area (TPSA) is 29.3 Å². The summed E-state index contributed by atoms with van der Waals surface area (Å²) in [6, 6.07) is 0. The van der Waals surface area contributed by atoms with Crippen LogP contribution in [0.1, 0.15) is 20.3 Å². The number of nitrogens with two attached hydrogens (primary N) is 1. The Kier molecular flexibility index (Phi) is 43.8. The summed E-state index contributed by atoms with van der Waals surface area (Å²) in [5.74, 6) is 0. The smallest absolute Gasteiger partial charge is 0.0140 e. The van der Waals surface area contributed by atoms with Crippen LogP contribution in [0.15, 0.2) is 0 Å². The summed E-state index contributed by atoms with van der Waals surface area (Å²) in [5, 5.41) is 0. The highest BCUT2D eigenvalue weighted by atomic mass is 15.0. The number of hydrogen-bond acceptors (Lipinski definition) is 2. The second-order valence-corrected chi connectivity index (χ2v) is 2.05. The van der Waals surface area contributed by atoms with Gasteiger partial charge in [0.2, 0.25) is 0 Å². The van der Waals surface area contributed by atoms with Gasteiger partial charge in [0, 0.05) is 0 Å². The van der Waals surface area contributed by atoms with Crippen molar-refractivity contribution in [2.75, 3.05) is 28.2 Å². The van der Waals surface area contributed by atoms with Crippen LogP contribution in [0.3, 0.4) is 0 Å². The first-order valence-electron chi connectivity index (χ1n) is 3.33. The first-order valence-corrected chi connectivity index (χ1v) is 3.33. The van der Waals surface area contributed by atoms with Crippen molar-refractivity contribution in [1.29, 1.82) is 0 Å². The van der Waals surface area contributed by atoms with Gasteiger partial charge < -0.3 is 10.6 Å². The Bertz CT molecular complexity index is 18.1. The summed E-state index contributed by atoms with van der Waals surface area (Å²) in [4.78, 5) is 2.00. The van der Waals surface area contributed by atoms with Crippen molar-refractivity contribution in [3.8, 4) is 0 Å². The van der Waals surface area contributed by atoms with Crippen LogP contribution in [-0.4, -0.2) is 33.1 Å². The standard InChI is InChI=1S/C3H9N.C3H8.CH5N/c1-4(2)3;1-3-2;1-2/h1-3H3;3H2,1-2H3;2H2,1H3. The van der Waals surface area contributed by atoms with Gasteiger partial charge in [-0.05, 0) is 28.2 Å². The van der Waals surface area contributed by atoms with Gasteiger partial charge in [0.25, 0.3) is 0 Å². The molecule has 0 saturated carbocycles. The van der Waals surface area contributed by atoms with Gasteiger partial charge in [-0.1, -0.05) is 20.3 Å². The number of rotatable bonds is 0. The van der Waals surface area contributed by atoms with Crippen molar-refractivity contribution in [3.63, 3.8) is 0 Å². The van der Waals surface area contributed by atoms with Crippen LogP contribution < -0.4 is 5.73 Å². The van der Waals surface area contributed by atoms with Gasteiger partial charge in [-0.15, -0.1) is 0 Å². The summed E-state index contributed by atoms with van der Waals surface area (Å²) in [6.45, 7) is 4.25. The maximum atomic E-state index is 4.50. The zero-order valence-electron chi connectivity index (χ0n) is 7.73. The largest absolute Gasteiger partial charge is 0.333 e. The van der Waals surface area contributed by atoms with E-state index in [0.717, 1.165) is 0 Å². The van der Waals surface area contributed by atoms with Crippen molar-refractivity contribution in [2.45, 2.75) is 20.3 Å². The summed E-state index contributed by atoms with van der Waals surface area (Å²) in [5.41, 5.74) is 4.50. The zero-order valence-corrected chi connectivity index (χ0v) is 7.73. The first-order chi connectivity index (χ1) is 4.15. The molecule has 60 valence electrons. The molecule has 0 aliphatic heterocycles. The summed E-state index contributed by atoms with van der Waals surface area (Å²) in [6.07, 6.45) is 1.25.